The summed E-state index contributed by atoms with van der Waals surface area (Å²) in [6, 6.07) is 1.18. The molecule has 1 aromatic heterocycles. The number of aromatic nitrogens is 4. The van der Waals surface area contributed by atoms with Crippen molar-refractivity contribution in [3.63, 3.8) is 0 Å². The first-order chi connectivity index (χ1) is 12.5. The fraction of sp³-hybridized carbons (Fsp3) is 0.950. The lowest BCUT2D eigenvalue weighted by Gasteiger charge is -2.43. The number of hydrogen-bond donors (Lipinski definition) is 0. The van der Waals surface area contributed by atoms with Gasteiger partial charge in [0.05, 0.1) is 11.6 Å². The molecule has 0 aromatic carbocycles. The smallest absolute Gasteiger partial charge is 0.168 e. The first-order valence-corrected chi connectivity index (χ1v) is 10.8. The molecule has 1 saturated carbocycles. The van der Waals surface area contributed by atoms with Crippen LogP contribution in [-0.2, 0) is 5.54 Å². The third kappa shape index (κ3) is 4.63. The molecule has 1 aliphatic carbocycles. The molecule has 0 spiro atoms. The highest BCUT2D eigenvalue weighted by Gasteiger charge is 2.33. The van der Waals surface area contributed by atoms with Gasteiger partial charge >= 0.3 is 0 Å². The van der Waals surface area contributed by atoms with Crippen LogP contribution in [0.5, 0.6) is 0 Å². The quantitative estimate of drug-likeness (QED) is 0.774. The summed E-state index contributed by atoms with van der Waals surface area (Å²) in [5.74, 6) is 1.05. The maximum absolute atomic E-state index is 4.47. The van der Waals surface area contributed by atoms with Crippen LogP contribution in [0.2, 0.25) is 0 Å². The van der Waals surface area contributed by atoms with Gasteiger partial charge in [0.2, 0.25) is 0 Å². The fourth-order valence-electron chi connectivity index (χ4n) is 4.61. The summed E-state index contributed by atoms with van der Waals surface area (Å²) < 4.78 is 2.04. The van der Waals surface area contributed by atoms with E-state index in [4.69, 9.17) is 0 Å². The molecule has 2 heterocycles. The van der Waals surface area contributed by atoms with Gasteiger partial charge in [-0.25, -0.2) is 4.68 Å². The summed E-state index contributed by atoms with van der Waals surface area (Å²) >= 11 is 0. The van der Waals surface area contributed by atoms with E-state index in [1.807, 2.05) is 4.68 Å². The van der Waals surface area contributed by atoms with Crippen LogP contribution in [0.3, 0.4) is 0 Å². The van der Waals surface area contributed by atoms with Crippen molar-refractivity contribution in [1.29, 1.82) is 0 Å². The van der Waals surface area contributed by atoms with Gasteiger partial charge in [0.15, 0.2) is 5.82 Å². The van der Waals surface area contributed by atoms with Crippen LogP contribution in [0.25, 0.3) is 0 Å². The second-order valence-electron chi connectivity index (χ2n) is 9.14. The minimum absolute atomic E-state index is 0.0762. The molecule has 2 fully saturated rings. The Bertz CT molecular complexity index is 535. The summed E-state index contributed by atoms with van der Waals surface area (Å²) in [6.45, 7) is 13.5. The van der Waals surface area contributed by atoms with Crippen molar-refractivity contribution in [3.05, 3.63) is 5.82 Å². The number of rotatable bonds is 6. The largest absolute Gasteiger partial charge is 0.298 e. The van der Waals surface area contributed by atoms with Crippen molar-refractivity contribution >= 4 is 0 Å². The lowest BCUT2D eigenvalue weighted by molar-refractivity contribution is 0.0483. The Morgan fingerprint density at radius 1 is 1.04 bits per heavy atom. The maximum Gasteiger partial charge on any atom is 0.168 e. The average Bonchev–Trinajstić information content (AvgIpc) is 3.13. The third-order valence-electron chi connectivity index (χ3n) is 6.14. The Morgan fingerprint density at radius 2 is 1.73 bits per heavy atom. The Hall–Kier alpha value is -1.01. The number of unbranched alkanes of at least 4 members (excludes halogenated alkanes) is 1. The lowest BCUT2D eigenvalue weighted by Crippen LogP contribution is -2.52. The zero-order chi connectivity index (χ0) is 18.6. The molecule has 26 heavy (non-hydrogen) atoms. The van der Waals surface area contributed by atoms with Crippen LogP contribution in [0, 0.1) is 0 Å². The predicted molar refractivity (Wildman–Crippen MR) is 105 cm³/mol. The SMILES string of the molecule is CCCC[C@H](c1nnnn1C(C)(C)C)N1CCN(C2CCCCC2)CC1. The van der Waals surface area contributed by atoms with E-state index in [0.29, 0.717) is 6.04 Å². The van der Waals surface area contributed by atoms with Gasteiger partial charge in [0.25, 0.3) is 0 Å². The Kier molecular flexibility index (Phi) is 6.67. The van der Waals surface area contributed by atoms with E-state index in [0.717, 1.165) is 31.4 Å². The topological polar surface area (TPSA) is 50.1 Å². The molecule has 0 bridgehead atoms. The predicted octanol–water partition coefficient (Wildman–Crippen LogP) is 3.61. The molecule has 0 unspecified atom stereocenters. The molecule has 0 amide bonds. The Balaban J connectivity index is 1.68. The highest BCUT2D eigenvalue weighted by atomic mass is 15.6. The van der Waals surface area contributed by atoms with E-state index < -0.39 is 0 Å². The van der Waals surface area contributed by atoms with E-state index in [2.05, 4.69) is 53.0 Å². The lowest BCUT2D eigenvalue weighted by atomic mass is 9.93. The van der Waals surface area contributed by atoms with Crippen molar-refractivity contribution in [2.24, 2.45) is 0 Å². The van der Waals surface area contributed by atoms with Gasteiger partial charge in [-0.2, -0.15) is 0 Å². The summed E-state index contributed by atoms with van der Waals surface area (Å²) in [4.78, 5) is 5.39. The van der Waals surface area contributed by atoms with Crippen molar-refractivity contribution < 1.29 is 0 Å². The van der Waals surface area contributed by atoms with Gasteiger partial charge in [0.1, 0.15) is 0 Å². The van der Waals surface area contributed by atoms with Crippen LogP contribution < -0.4 is 0 Å². The van der Waals surface area contributed by atoms with Gasteiger partial charge in [-0.15, -0.1) is 5.10 Å². The Labute approximate surface area is 159 Å². The van der Waals surface area contributed by atoms with Gasteiger partial charge in [-0.1, -0.05) is 39.0 Å². The molecule has 0 radical (unpaired) electrons. The van der Waals surface area contributed by atoms with Crippen molar-refractivity contribution in [3.8, 4) is 0 Å². The molecule has 6 heteroatoms. The minimum Gasteiger partial charge on any atom is -0.298 e. The van der Waals surface area contributed by atoms with Gasteiger partial charge in [0, 0.05) is 32.2 Å². The second-order valence-corrected chi connectivity index (χ2v) is 9.14. The summed E-state index contributed by atoms with van der Waals surface area (Å²) in [7, 11) is 0. The van der Waals surface area contributed by atoms with Gasteiger partial charge in [-0.05, 0) is 50.5 Å². The van der Waals surface area contributed by atoms with Crippen LogP contribution in [0.1, 0.15) is 90.9 Å². The second kappa shape index (κ2) is 8.79. The number of tetrazole rings is 1. The third-order valence-corrected chi connectivity index (χ3v) is 6.14. The molecule has 1 saturated heterocycles. The highest BCUT2D eigenvalue weighted by molar-refractivity contribution is 4.98. The molecule has 6 nitrogen and oxygen atoms in total. The normalized spacial score (nSPS) is 22.6. The van der Waals surface area contributed by atoms with E-state index >= 15 is 0 Å². The highest BCUT2D eigenvalue weighted by Crippen LogP contribution is 2.30. The van der Waals surface area contributed by atoms with E-state index in [9.17, 15) is 0 Å². The monoisotopic (exact) mass is 362 g/mol. The van der Waals surface area contributed by atoms with Crippen molar-refractivity contribution in [1.82, 2.24) is 30.0 Å². The van der Waals surface area contributed by atoms with Crippen LogP contribution >= 0.6 is 0 Å². The number of nitrogens with zero attached hydrogens (tertiary/aromatic N) is 6. The fourth-order valence-corrected chi connectivity index (χ4v) is 4.61. The molecular formula is C20H38N6. The number of hydrogen-bond acceptors (Lipinski definition) is 5. The Morgan fingerprint density at radius 3 is 2.35 bits per heavy atom. The van der Waals surface area contributed by atoms with Gasteiger partial charge < -0.3 is 0 Å². The van der Waals surface area contributed by atoms with Crippen LogP contribution in [0.4, 0.5) is 0 Å². The summed E-state index contributed by atoms with van der Waals surface area (Å²) in [5, 5.41) is 12.8. The first-order valence-electron chi connectivity index (χ1n) is 10.8. The molecule has 1 aromatic rings. The zero-order valence-electron chi connectivity index (χ0n) is 17.3. The molecule has 148 valence electrons. The van der Waals surface area contributed by atoms with Crippen molar-refractivity contribution in [2.45, 2.75) is 96.7 Å². The number of piperazine rings is 1. The average molecular weight is 363 g/mol. The molecule has 2 aliphatic rings. The minimum atomic E-state index is -0.0762. The van der Waals surface area contributed by atoms with E-state index in [1.54, 1.807) is 0 Å². The standard InChI is InChI=1S/C20H38N6/c1-5-6-12-18(19-21-22-23-26(19)20(2,3)4)25-15-13-24(14-16-25)17-10-8-7-9-11-17/h17-18H,5-16H2,1-4H3/t18-/m1/s1. The molecule has 3 rings (SSSR count). The maximum atomic E-state index is 4.47. The van der Waals surface area contributed by atoms with Crippen LogP contribution in [0.15, 0.2) is 0 Å². The van der Waals surface area contributed by atoms with Crippen LogP contribution in [-0.4, -0.2) is 62.2 Å². The summed E-state index contributed by atoms with van der Waals surface area (Å²) in [5.41, 5.74) is -0.0762. The molecule has 0 N–H and O–H groups in total. The molecule has 1 atom stereocenters. The van der Waals surface area contributed by atoms with E-state index in [-0.39, 0.29) is 5.54 Å². The molecular weight excluding hydrogens is 324 g/mol. The molecule has 1 aliphatic heterocycles. The zero-order valence-corrected chi connectivity index (χ0v) is 17.3. The van der Waals surface area contributed by atoms with Gasteiger partial charge in [-0.3, -0.25) is 9.80 Å². The van der Waals surface area contributed by atoms with Crippen molar-refractivity contribution in [2.75, 3.05) is 26.2 Å². The summed E-state index contributed by atoms with van der Waals surface area (Å²) in [6.07, 6.45) is 10.7. The first kappa shape index (κ1) is 19.7. The van der Waals surface area contributed by atoms with E-state index in [1.165, 1.54) is 58.0 Å².